The Bertz CT molecular complexity index is 566. The van der Waals surface area contributed by atoms with Gasteiger partial charge in [0.2, 0.25) is 5.91 Å². The fourth-order valence-corrected chi connectivity index (χ4v) is 4.74. The molecule has 1 N–H and O–H groups in total. The van der Waals surface area contributed by atoms with Gasteiger partial charge in [0.25, 0.3) is 0 Å². The van der Waals surface area contributed by atoms with Crippen molar-refractivity contribution in [2.75, 3.05) is 26.2 Å². The maximum Gasteiger partial charge on any atom is 0.224 e. The number of likely N-dealkylation sites (tertiary alicyclic amines) is 2. The minimum Gasteiger partial charge on any atom is -0.350 e. The highest BCUT2D eigenvalue weighted by Gasteiger charge is 2.31. The van der Waals surface area contributed by atoms with E-state index in [4.69, 9.17) is 0 Å². The summed E-state index contributed by atoms with van der Waals surface area (Å²) in [6, 6.07) is 1.31. The molecule has 2 aliphatic heterocycles. The van der Waals surface area contributed by atoms with E-state index in [2.05, 4.69) is 33.9 Å². The average Bonchev–Trinajstić information content (AvgIpc) is 3.05. The summed E-state index contributed by atoms with van der Waals surface area (Å²) in [6.45, 7) is 11.6. The van der Waals surface area contributed by atoms with Gasteiger partial charge in [-0.2, -0.15) is 0 Å². The van der Waals surface area contributed by atoms with Crippen LogP contribution in [-0.2, 0) is 11.3 Å². The fraction of sp³-hybridized carbons (Fsp3) is 0.789. The molecule has 1 atom stereocenters. The van der Waals surface area contributed by atoms with Crippen molar-refractivity contribution in [2.45, 2.75) is 65.1 Å². The lowest BCUT2D eigenvalue weighted by molar-refractivity contribution is -0.127. The molecule has 3 heterocycles. The highest BCUT2D eigenvalue weighted by atomic mass is 32.1. The van der Waals surface area contributed by atoms with Gasteiger partial charge in [-0.15, -0.1) is 11.3 Å². The molecule has 140 valence electrons. The van der Waals surface area contributed by atoms with Crippen LogP contribution >= 0.6 is 11.3 Å². The molecule has 3 rings (SSSR count). The van der Waals surface area contributed by atoms with E-state index in [-0.39, 0.29) is 11.8 Å². The third-order valence-corrected chi connectivity index (χ3v) is 6.50. The van der Waals surface area contributed by atoms with Crippen LogP contribution in [0.1, 0.15) is 50.2 Å². The van der Waals surface area contributed by atoms with Crippen molar-refractivity contribution in [3.8, 4) is 0 Å². The largest absolute Gasteiger partial charge is 0.350 e. The molecule has 0 aliphatic carbocycles. The van der Waals surface area contributed by atoms with Crippen molar-refractivity contribution >= 4 is 17.2 Å². The minimum absolute atomic E-state index is 0.136. The number of amides is 1. The van der Waals surface area contributed by atoms with Gasteiger partial charge in [-0.1, -0.05) is 0 Å². The van der Waals surface area contributed by atoms with Crippen LogP contribution in [0.15, 0.2) is 5.38 Å². The van der Waals surface area contributed by atoms with Crippen LogP contribution in [0.25, 0.3) is 0 Å². The maximum atomic E-state index is 12.6. The minimum atomic E-state index is 0.136. The average molecular weight is 365 g/mol. The first kappa shape index (κ1) is 18.8. The number of thiazole rings is 1. The molecule has 2 saturated heterocycles. The summed E-state index contributed by atoms with van der Waals surface area (Å²) in [5.41, 5.74) is 0.976. The van der Waals surface area contributed by atoms with Gasteiger partial charge in [-0.3, -0.25) is 9.69 Å². The Kier molecular flexibility index (Phi) is 6.47. The highest BCUT2D eigenvalue weighted by Crippen LogP contribution is 2.24. The Balaban J connectivity index is 1.46. The molecule has 0 spiro atoms. The lowest BCUT2D eigenvalue weighted by Gasteiger charge is -2.43. The summed E-state index contributed by atoms with van der Waals surface area (Å²) in [4.78, 5) is 22.2. The zero-order valence-corrected chi connectivity index (χ0v) is 16.6. The molecule has 5 nitrogen and oxygen atoms in total. The Morgan fingerprint density at radius 3 is 2.72 bits per heavy atom. The smallest absolute Gasteiger partial charge is 0.224 e. The molecule has 6 heteroatoms. The molecule has 25 heavy (non-hydrogen) atoms. The van der Waals surface area contributed by atoms with Crippen LogP contribution in [-0.4, -0.2) is 59.0 Å². The van der Waals surface area contributed by atoms with Crippen LogP contribution in [0.5, 0.6) is 0 Å². The second-order valence-electron chi connectivity index (χ2n) is 7.77. The predicted octanol–water partition coefficient (Wildman–Crippen LogP) is 2.65. The summed E-state index contributed by atoms with van der Waals surface area (Å²) >= 11 is 1.64. The topological polar surface area (TPSA) is 48.5 Å². The molecule has 0 radical (unpaired) electrons. The third-order valence-electron chi connectivity index (χ3n) is 5.68. The predicted molar refractivity (Wildman–Crippen MR) is 103 cm³/mol. The molecule has 2 fully saturated rings. The van der Waals surface area contributed by atoms with Crippen molar-refractivity contribution in [3.05, 3.63) is 16.1 Å². The van der Waals surface area contributed by atoms with Gasteiger partial charge in [-0.05, 0) is 66.1 Å². The van der Waals surface area contributed by atoms with Crippen LogP contribution in [0.2, 0.25) is 0 Å². The van der Waals surface area contributed by atoms with Gasteiger partial charge in [0.1, 0.15) is 0 Å². The summed E-state index contributed by atoms with van der Waals surface area (Å²) in [6.07, 6.45) is 4.64. The summed E-state index contributed by atoms with van der Waals surface area (Å²) in [7, 11) is 0. The van der Waals surface area contributed by atoms with E-state index >= 15 is 0 Å². The summed E-state index contributed by atoms with van der Waals surface area (Å²) in [5.74, 6) is 0.339. The SMILES string of the molecule is Cc1nc(CNC(=O)[C@H]2CCCN(C3CCN(C(C)C)CC3)C2)cs1. The molecule has 0 aromatic carbocycles. The van der Waals surface area contributed by atoms with Crippen molar-refractivity contribution in [3.63, 3.8) is 0 Å². The lowest BCUT2D eigenvalue weighted by atomic mass is 9.93. The fourth-order valence-electron chi connectivity index (χ4n) is 4.13. The number of hydrogen-bond donors (Lipinski definition) is 1. The lowest BCUT2D eigenvalue weighted by Crippen LogP contribution is -2.51. The first-order valence-electron chi connectivity index (χ1n) is 9.69. The molecule has 1 aromatic heterocycles. The van der Waals surface area contributed by atoms with Gasteiger partial charge < -0.3 is 10.2 Å². The number of nitrogens with one attached hydrogen (secondary N) is 1. The van der Waals surface area contributed by atoms with E-state index in [0.29, 0.717) is 18.6 Å². The van der Waals surface area contributed by atoms with E-state index in [1.54, 1.807) is 11.3 Å². The molecule has 0 unspecified atom stereocenters. The maximum absolute atomic E-state index is 12.6. The number of nitrogens with zero attached hydrogens (tertiary/aromatic N) is 3. The molecule has 1 amide bonds. The summed E-state index contributed by atoms with van der Waals surface area (Å²) < 4.78 is 0. The zero-order chi connectivity index (χ0) is 17.8. The second-order valence-corrected chi connectivity index (χ2v) is 8.83. The Morgan fingerprint density at radius 1 is 1.32 bits per heavy atom. The van der Waals surface area contributed by atoms with Crippen LogP contribution in [0.3, 0.4) is 0 Å². The van der Waals surface area contributed by atoms with Gasteiger partial charge in [0.15, 0.2) is 0 Å². The molecule has 0 saturated carbocycles. The van der Waals surface area contributed by atoms with E-state index in [1.807, 2.05) is 12.3 Å². The Labute approximate surface area is 155 Å². The third kappa shape index (κ3) is 5.02. The van der Waals surface area contributed by atoms with Crippen LogP contribution in [0, 0.1) is 12.8 Å². The summed E-state index contributed by atoms with van der Waals surface area (Å²) in [5, 5.41) is 6.19. The van der Waals surface area contributed by atoms with Gasteiger partial charge in [0, 0.05) is 24.0 Å². The molecule has 1 aromatic rings. The van der Waals surface area contributed by atoms with Crippen LogP contribution < -0.4 is 5.32 Å². The van der Waals surface area contributed by atoms with E-state index in [9.17, 15) is 4.79 Å². The number of aryl methyl sites for hydroxylation is 1. The Morgan fingerprint density at radius 2 is 2.08 bits per heavy atom. The van der Waals surface area contributed by atoms with Gasteiger partial charge in [-0.25, -0.2) is 4.98 Å². The molecular formula is C19H32N4OS. The van der Waals surface area contributed by atoms with E-state index in [0.717, 1.165) is 36.6 Å². The first-order valence-corrected chi connectivity index (χ1v) is 10.6. The van der Waals surface area contributed by atoms with Gasteiger partial charge in [0.05, 0.1) is 23.2 Å². The van der Waals surface area contributed by atoms with Crippen LogP contribution in [0.4, 0.5) is 0 Å². The monoisotopic (exact) mass is 364 g/mol. The van der Waals surface area contributed by atoms with Crippen molar-refractivity contribution in [2.24, 2.45) is 5.92 Å². The number of carbonyl (C=O) groups is 1. The Hall–Kier alpha value is -0.980. The normalized spacial score (nSPS) is 23.9. The van der Waals surface area contributed by atoms with Gasteiger partial charge >= 0.3 is 0 Å². The van der Waals surface area contributed by atoms with E-state index in [1.165, 1.54) is 25.9 Å². The first-order chi connectivity index (χ1) is 12.0. The molecule has 2 aliphatic rings. The second kappa shape index (κ2) is 8.60. The number of piperidine rings is 2. The quantitative estimate of drug-likeness (QED) is 0.873. The number of hydrogen-bond acceptors (Lipinski definition) is 5. The standard InChI is InChI=1S/C19H32N4OS/c1-14(2)22-9-6-18(7-10-22)23-8-4-5-16(12-23)19(24)20-11-17-13-25-15(3)21-17/h13-14,16,18H,4-12H2,1-3H3,(H,20,24)/t16-/m0/s1. The highest BCUT2D eigenvalue weighted by molar-refractivity contribution is 7.09. The van der Waals surface area contributed by atoms with E-state index < -0.39 is 0 Å². The number of rotatable bonds is 5. The zero-order valence-electron chi connectivity index (χ0n) is 15.8. The van der Waals surface area contributed by atoms with Crippen molar-refractivity contribution < 1.29 is 4.79 Å². The van der Waals surface area contributed by atoms with Crippen molar-refractivity contribution in [1.29, 1.82) is 0 Å². The number of carbonyl (C=O) groups excluding carboxylic acids is 1. The van der Waals surface area contributed by atoms with Crippen molar-refractivity contribution in [1.82, 2.24) is 20.1 Å². The molecular weight excluding hydrogens is 332 g/mol. The molecule has 0 bridgehead atoms. The number of aromatic nitrogens is 1.